The number of esters is 1. The van der Waals surface area contributed by atoms with Crippen molar-refractivity contribution in [2.45, 2.75) is 49.3 Å². The van der Waals surface area contributed by atoms with E-state index in [0.717, 1.165) is 30.4 Å². The van der Waals surface area contributed by atoms with E-state index in [2.05, 4.69) is 22.8 Å². The number of rotatable bonds is 4. The zero-order chi connectivity index (χ0) is 18.5. The van der Waals surface area contributed by atoms with Gasteiger partial charge in [0.15, 0.2) is 11.9 Å². The Morgan fingerprint density at radius 3 is 2.85 bits per heavy atom. The van der Waals surface area contributed by atoms with E-state index in [1.807, 2.05) is 19.0 Å². The Morgan fingerprint density at radius 2 is 2.15 bits per heavy atom. The quantitative estimate of drug-likeness (QED) is 0.424. The van der Waals surface area contributed by atoms with Crippen LogP contribution in [0.1, 0.15) is 19.3 Å². The van der Waals surface area contributed by atoms with Gasteiger partial charge < -0.3 is 14.2 Å². The monoisotopic (exact) mass is 358 g/mol. The Hall–Kier alpha value is -1.65. The summed E-state index contributed by atoms with van der Waals surface area (Å²) < 4.78 is 17.0. The molecule has 0 N–H and O–H groups in total. The van der Waals surface area contributed by atoms with Gasteiger partial charge in [0.2, 0.25) is 0 Å². The lowest BCUT2D eigenvalue weighted by Crippen LogP contribution is -2.48. The van der Waals surface area contributed by atoms with Gasteiger partial charge in [0.05, 0.1) is 18.6 Å². The van der Waals surface area contributed by atoms with Crippen molar-refractivity contribution in [3.8, 4) is 11.8 Å². The Kier molecular flexibility index (Phi) is 4.44. The molecule has 2 saturated heterocycles. The van der Waals surface area contributed by atoms with Crippen LogP contribution in [-0.2, 0) is 19.0 Å². The molecule has 4 rings (SSSR count). The Balaban J connectivity index is 1.71. The largest absolute Gasteiger partial charge is 0.449 e. The van der Waals surface area contributed by atoms with Crippen molar-refractivity contribution < 1.29 is 19.0 Å². The van der Waals surface area contributed by atoms with Gasteiger partial charge in [-0.15, -0.1) is 0 Å². The number of hydrogen-bond donors (Lipinski definition) is 0. The van der Waals surface area contributed by atoms with Gasteiger partial charge in [0, 0.05) is 43.9 Å². The molecule has 3 heterocycles. The first-order valence-electron chi connectivity index (χ1n) is 9.14. The lowest BCUT2D eigenvalue weighted by Gasteiger charge is -2.33. The van der Waals surface area contributed by atoms with E-state index in [1.165, 1.54) is 0 Å². The highest BCUT2D eigenvalue weighted by Crippen LogP contribution is 2.56. The molecule has 0 saturated carbocycles. The average molecular weight is 358 g/mol. The van der Waals surface area contributed by atoms with E-state index < -0.39 is 5.60 Å². The molecule has 140 valence electrons. The minimum Gasteiger partial charge on any atom is -0.449 e. The predicted octanol–water partition coefficient (Wildman–Crippen LogP) is 0.938. The van der Waals surface area contributed by atoms with Gasteiger partial charge in [-0.3, -0.25) is 9.80 Å². The minimum atomic E-state index is -0.556. The summed E-state index contributed by atoms with van der Waals surface area (Å²) in [5.41, 5.74) is 1.34. The molecule has 0 aromatic heterocycles. The van der Waals surface area contributed by atoms with Gasteiger partial charge in [0.1, 0.15) is 0 Å². The molecule has 3 aliphatic heterocycles. The molecular formula is C20H26N2O4. The highest BCUT2D eigenvalue weighted by atomic mass is 16.7. The molecule has 0 radical (unpaired) electrons. The molecule has 0 aromatic rings. The van der Waals surface area contributed by atoms with Crippen molar-refractivity contribution in [3.63, 3.8) is 0 Å². The molecule has 6 nitrogen and oxygen atoms in total. The molecule has 0 aromatic carbocycles. The van der Waals surface area contributed by atoms with Crippen LogP contribution in [0.4, 0.5) is 0 Å². The first-order chi connectivity index (χ1) is 12.5. The number of carbonyl (C=O) groups excluding carboxylic acids is 1. The van der Waals surface area contributed by atoms with E-state index in [0.29, 0.717) is 6.54 Å². The molecule has 2 bridgehead atoms. The summed E-state index contributed by atoms with van der Waals surface area (Å²) in [6.07, 6.45) is 6.29. The molecule has 1 aliphatic carbocycles. The van der Waals surface area contributed by atoms with Gasteiger partial charge in [-0.1, -0.05) is 17.9 Å². The number of methoxy groups -OCH3 is 2. The summed E-state index contributed by atoms with van der Waals surface area (Å²) >= 11 is 0. The standard InChI is InChI=1S/C20H26N2O4/c1-21(2)9-5-6-13-10-14-12-20(15(13)11-18(23)26-20)17-8-7-16(22(14)17)19(24-3)25-4/h10-11,14,16-17,19H,7-9,12H2,1-4H3/t14-,16-,17-,20+/m1/s1. The minimum absolute atomic E-state index is 0.158. The average Bonchev–Trinajstić information content (AvgIpc) is 3.23. The highest BCUT2D eigenvalue weighted by Gasteiger charge is 2.65. The third-order valence-electron chi connectivity index (χ3n) is 5.96. The second kappa shape index (κ2) is 6.50. The maximum Gasteiger partial charge on any atom is 0.332 e. The van der Waals surface area contributed by atoms with E-state index in [9.17, 15) is 4.79 Å². The maximum absolute atomic E-state index is 12.2. The lowest BCUT2D eigenvalue weighted by molar-refractivity contribution is -0.151. The van der Waals surface area contributed by atoms with Crippen molar-refractivity contribution >= 4 is 5.97 Å². The molecular weight excluding hydrogens is 332 g/mol. The third-order valence-corrected chi connectivity index (χ3v) is 5.96. The SMILES string of the molecule is COC(OC)[C@H]1CC[C@H]2N1[C@@H]1C=C(C#CCN(C)C)C3=CC(=O)O[C@@]32C1. The summed E-state index contributed by atoms with van der Waals surface area (Å²) in [5.74, 6) is 6.23. The summed E-state index contributed by atoms with van der Waals surface area (Å²) in [5, 5.41) is 0. The number of carbonyl (C=O) groups is 1. The third kappa shape index (κ3) is 2.54. The second-order valence-electron chi connectivity index (χ2n) is 7.71. The zero-order valence-corrected chi connectivity index (χ0v) is 15.8. The fraction of sp³-hybridized carbons (Fsp3) is 0.650. The van der Waals surface area contributed by atoms with Crippen molar-refractivity contribution in [2.75, 3.05) is 34.9 Å². The van der Waals surface area contributed by atoms with Crippen LogP contribution in [0.3, 0.4) is 0 Å². The van der Waals surface area contributed by atoms with Crippen LogP contribution < -0.4 is 0 Å². The summed E-state index contributed by atoms with van der Waals surface area (Å²) in [7, 11) is 7.34. The highest BCUT2D eigenvalue weighted by molar-refractivity contribution is 5.90. The van der Waals surface area contributed by atoms with Crippen LogP contribution >= 0.6 is 0 Å². The molecule has 0 amide bonds. The first kappa shape index (κ1) is 17.7. The topological polar surface area (TPSA) is 51.2 Å². The Labute approximate surface area is 154 Å². The predicted molar refractivity (Wildman–Crippen MR) is 96.2 cm³/mol. The Bertz CT molecular complexity index is 728. The summed E-state index contributed by atoms with van der Waals surface area (Å²) in [6, 6.07) is 0.504. The number of ether oxygens (including phenoxy) is 3. The van der Waals surface area contributed by atoms with Crippen LogP contribution in [-0.4, -0.2) is 80.6 Å². The van der Waals surface area contributed by atoms with Crippen LogP contribution in [0, 0.1) is 11.8 Å². The fourth-order valence-corrected chi connectivity index (χ4v) is 5.09. The molecule has 0 unspecified atom stereocenters. The summed E-state index contributed by atoms with van der Waals surface area (Å²) in [6.45, 7) is 0.683. The van der Waals surface area contributed by atoms with Crippen molar-refractivity contribution in [1.82, 2.24) is 9.80 Å². The normalized spacial score (nSPS) is 35.0. The number of nitrogens with zero attached hydrogens (tertiary/aromatic N) is 2. The van der Waals surface area contributed by atoms with Crippen molar-refractivity contribution in [2.24, 2.45) is 0 Å². The van der Waals surface area contributed by atoms with Gasteiger partial charge in [-0.05, 0) is 26.9 Å². The van der Waals surface area contributed by atoms with Crippen LogP contribution in [0.25, 0.3) is 0 Å². The molecule has 6 heteroatoms. The number of fused-ring (bicyclic) bond motifs is 3. The zero-order valence-electron chi connectivity index (χ0n) is 15.8. The molecule has 4 atom stereocenters. The molecule has 4 aliphatic rings. The first-order valence-corrected chi connectivity index (χ1v) is 9.14. The van der Waals surface area contributed by atoms with Gasteiger partial charge in [0.25, 0.3) is 0 Å². The summed E-state index contributed by atoms with van der Waals surface area (Å²) in [4.78, 5) is 16.7. The molecule has 2 fully saturated rings. The van der Waals surface area contributed by atoms with Crippen molar-refractivity contribution in [1.29, 1.82) is 0 Å². The smallest absolute Gasteiger partial charge is 0.332 e. The second-order valence-corrected chi connectivity index (χ2v) is 7.71. The van der Waals surface area contributed by atoms with Crippen molar-refractivity contribution in [3.05, 3.63) is 23.3 Å². The Morgan fingerprint density at radius 1 is 1.38 bits per heavy atom. The van der Waals surface area contributed by atoms with E-state index >= 15 is 0 Å². The van der Waals surface area contributed by atoms with Crippen LogP contribution in [0.2, 0.25) is 0 Å². The van der Waals surface area contributed by atoms with Gasteiger partial charge in [-0.25, -0.2) is 4.79 Å². The lowest BCUT2D eigenvalue weighted by atomic mass is 9.77. The van der Waals surface area contributed by atoms with E-state index in [1.54, 1.807) is 20.3 Å². The van der Waals surface area contributed by atoms with Crippen LogP contribution in [0.5, 0.6) is 0 Å². The maximum atomic E-state index is 12.2. The van der Waals surface area contributed by atoms with E-state index in [4.69, 9.17) is 14.2 Å². The van der Waals surface area contributed by atoms with Gasteiger partial charge in [-0.2, -0.15) is 0 Å². The molecule has 1 spiro atoms. The van der Waals surface area contributed by atoms with Crippen LogP contribution in [0.15, 0.2) is 23.3 Å². The van der Waals surface area contributed by atoms with Gasteiger partial charge >= 0.3 is 5.97 Å². The van der Waals surface area contributed by atoms with E-state index in [-0.39, 0.29) is 30.4 Å². The fourth-order valence-electron chi connectivity index (χ4n) is 5.09. The number of hydrogen-bond acceptors (Lipinski definition) is 6. The molecule has 26 heavy (non-hydrogen) atoms.